The molecule has 7 aromatic rings. The number of para-hydroxylation sites is 2. The van der Waals surface area contributed by atoms with Crippen LogP contribution >= 0.6 is 0 Å². The van der Waals surface area contributed by atoms with Crippen LogP contribution in [0.4, 0.5) is 0 Å². The van der Waals surface area contributed by atoms with E-state index in [0.29, 0.717) is 18.4 Å². The van der Waals surface area contributed by atoms with Gasteiger partial charge in [0, 0.05) is 34.0 Å². The van der Waals surface area contributed by atoms with Crippen molar-refractivity contribution in [1.82, 2.24) is 14.8 Å². The number of nitrogens with zero attached hydrogens (tertiary/aromatic N) is 3. The monoisotopic (exact) mass is 521 g/mol. The standard InChI is InChI=1S/C35H27N3O2/c1-24-8-6-9-25(22-24)20-21-39-29-11-7-10-27(23-29)35-37-36-34(40-35)26-16-18-28(19-17-26)38-32-14-4-2-12-30(32)31-13-3-5-15-33(31)38/h2-19,22-23H,20-21H2,1H3. The van der Waals surface area contributed by atoms with Crippen LogP contribution in [0.3, 0.4) is 0 Å². The Balaban J connectivity index is 1.11. The molecule has 0 bridgehead atoms. The molecule has 0 spiro atoms. The van der Waals surface area contributed by atoms with Crippen LogP contribution in [0.25, 0.3) is 50.4 Å². The summed E-state index contributed by atoms with van der Waals surface area (Å²) in [6.07, 6.45) is 0.848. The van der Waals surface area contributed by atoms with Crippen LogP contribution < -0.4 is 4.74 Å². The first-order valence-corrected chi connectivity index (χ1v) is 13.4. The highest BCUT2D eigenvalue weighted by Gasteiger charge is 2.14. The Bertz CT molecular complexity index is 1900. The molecule has 0 aliphatic rings. The fourth-order valence-electron chi connectivity index (χ4n) is 5.28. The zero-order valence-corrected chi connectivity index (χ0v) is 22.1. The first kappa shape index (κ1) is 23.9. The van der Waals surface area contributed by atoms with Gasteiger partial charge in [0.2, 0.25) is 11.8 Å². The summed E-state index contributed by atoms with van der Waals surface area (Å²) in [5, 5.41) is 11.1. The van der Waals surface area contributed by atoms with Crippen molar-refractivity contribution in [2.24, 2.45) is 0 Å². The molecule has 5 aromatic carbocycles. The second-order valence-corrected chi connectivity index (χ2v) is 9.94. The van der Waals surface area contributed by atoms with Crippen LogP contribution in [0.15, 0.2) is 126 Å². The second kappa shape index (κ2) is 10.2. The molecule has 40 heavy (non-hydrogen) atoms. The van der Waals surface area contributed by atoms with E-state index in [0.717, 1.165) is 29.0 Å². The molecule has 0 saturated carbocycles. The molecule has 2 heterocycles. The lowest BCUT2D eigenvalue weighted by atomic mass is 10.1. The van der Waals surface area contributed by atoms with E-state index in [1.165, 1.54) is 32.9 Å². The molecule has 0 fully saturated rings. The van der Waals surface area contributed by atoms with Gasteiger partial charge in [-0.15, -0.1) is 10.2 Å². The van der Waals surface area contributed by atoms with E-state index < -0.39 is 0 Å². The minimum Gasteiger partial charge on any atom is -0.493 e. The summed E-state index contributed by atoms with van der Waals surface area (Å²) >= 11 is 0. The first-order chi connectivity index (χ1) is 19.7. The van der Waals surface area contributed by atoms with Gasteiger partial charge in [0.05, 0.1) is 17.6 Å². The highest BCUT2D eigenvalue weighted by atomic mass is 16.5. The Kier molecular flexibility index (Phi) is 6.09. The molecule has 0 saturated heterocycles. The van der Waals surface area contributed by atoms with Crippen molar-refractivity contribution in [3.8, 4) is 34.3 Å². The van der Waals surface area contributed by atoms with E-state index in [1.807, 2.05) is 36.4 Å². The van der Waals surface area contributed by atoms with E-state index in [9.17, 15) is 0 Å². The van der Waals surface area contributed by atoms with Crippen molar-refractivity contribution in [1.29, 1.82) is 0 Å². The van der Waals surface area contributed by atoms with Crippen LogP contribution in [-0.4, -0.2) is 21.4 Å². The van der Waals surface area contributed by atoms with Crippen molar-refractivity contribution in [3.63, 3.8) is 0 Å². The van der Waals surface area contributed by atoms with Crippen LogP contribution in [-0.2, 0) is 6.42 Å². The average molecular weight is 522 g/mol. The smallest absolute Gasteiger partial charge is 0.248 e. The Morgan fingerprint density at radius 3 is 2.05 bits per heavy atom. The van der Waals surface area contributed by atoms with Crippen LogP contribution in [0.2, 0.25) is 0 Å². The second-order valence-electron chi connectivity index (χ2n) is 9.94. The number of ether oxygens (including phenoxy) is 1. The third kappa shape index (κ3) is 4.52. The summed E-state index contributed by atoms with van der Waals surface area (Å²) in [5.41, 5.74) is 7.66. The highest BCUT2D eigenvalue weighted by Crippen LogP contribution is 2.33. The van der Waals surface area contributed by atoms with Gasteiger partial charge >= 0.3 is 0 Å². The van der Waals surface area contributed by atoms with Gasteiger partial charge in [-0.3, -0.25) is 0 Å². The highest BCUT2D eigenvalue weighted by molar-refractivity contribution is 6.09. The summed E-state index contributed by atoms with van der Waals surface area (Å²) in [6.45, 7) is 2.70. The number of benzene rings is 5. The lowest BCUT2D eigenvalue weighted by Crippen LogP contribution is -2.01. The molecule has 0 atom stereocenters. The summed E-state index contributed by atoms with van der Waals surface area (Å²) < 4.78 is 14.4. The van der Waals surface area contributed by atoms with Gasteiger partial charge in [0.15, 0.2) is 0 Å². The SMILES string of the molecule is Cc1cccc(CCOc2cccc(-c3nnc(-c4ccc(-n5c6ccccc6c6ccccc65)cc4)o3)c2)c1. The fraction of sp³-hybridized carbons (Fsp3) is 0.0857. The van der Waals surface area contributed by atoms with Gasteiger partial charge in [-0.1, -0.05) is 72.3 Å². The number of rotatable bonds is 7. The number of aryl methyl sites for hydroxylation is 1. The van der Waals surface area contributed by atoms with Crippen molar-refractivity contribution in [2.45, 2.75) is 13.3 Å². The Hall–Kier alpha value is -5.16. The largest absolute Gasteiger partial charge is 0.493 e. The predicted molar refractivity (Wildman–Crippen MR) is 160 cm³/mol. The van der Waals surface area contributed by atoms with Crippen molar-refractivity contribution < 1.29 is 9.15 Å². The molecule has 0 aliphatic heterocycles. The average Bonchev–Trinajstić information content (AvgIpc) is 3.62. The normalized spacial score (nSPS) is 11.3. The summed E-state index contributed by atoms with van der Waals surface area (Å²) in [7, 11) is 0. The zero-order valence-electron chi connectivity index (χ0n) is 22.1. The molecule has 0 unspecified atom stereocenters. The van der Waals surface area contributed by atoms with Gasteiger partial charge in [-0.25, -0.2) is 0 Å². The van der Waals surface area contributed by atoms with Crippen molar-refractivity contribution in [2.75, 3.05) is 6.61 Å². The summed E-state index contributed by atoms with van der Waals surface area (Å²) in [5.74, 6) is 1.72. The lowest BCUT2D eigenvalue weighted by Gasteiger charge is -2.08. The fourth-order valence-corrected chi connectivity index (χ4v) is 5.28. The maximum Gasteiger partial charge on any atom is 0.248 e. The number of fused-ring (bicyclic) bond motifs is 3. The van der Waals surface area contributed by atoms with Gasteiger partial charge < -0.3 is 13.7 Å². The lowest BCUT2D eigenvalue weighted by molar-refractivity contribution is 0.322. The van der Waals surface area contributed by atoms with Crippen molar-refractivity contribution >= 4 is 21.8 Å². The zero-order chi connectivity index (χ0) is 26.9. The van der Waals surface area contributed by atoms with E-state index in [-0.39, 0.29) is 0 Å². The molecule has 0 N–H and O–H groups in total. The molecule has 0 aliphatic carbocycles. The molecular weight excluding hydrogens is 494 g/mol. The third-order valence-corrected chi connectivity index (χ3v) is 7.20. The molecular formula is C35H27N3O2. The Labute approximate surface area is 232 Å². The van der Waals surface area contributed by atoms with Crippen LogP contribution in [0, 0.1) is 6.92 Å². The van der Waals surface area contributed by atoms with E-state index in [2.05, 4.69) is 107 Å². The summed E-state index contributed by atoms with van der Waals surface area (Å²) in [4.78, 5) is 0. The minimum atomic E-state index is 0.464. The number of hydrogen-bond acceptors (Lipinski definition) is 4. The molecule has 0 amide bonds. The molecule has 7 rings (SSSR count). The van der Waals surface area contributed by atoms with Crippen molar-refractivity contribution in [3.05, 3.63) is 132 Å². The maximum absolute atomic E-state index is 6.08. The minimum absolute atomic E-state index is 0.464. The molecule has 5 heteroatoms. The van der Waals surface area contributed by atoms with E-state index >= 15 is 0 Å². The van der Waals surface area contributed by atoms with Crippen LogP contribution in [0.5, 0.6) is 5.75 Å². The maximum atomic E-state index is 6.08. The predicted octanol–water partition coefficient (Wildman–Crippen LogP) is 8.43. The topological polar surface area (TPSA) is 53.1 Å². The molecule has 2 aromatic heterocycles. The van der Waals surface area contributed by atoms with Gasteiger partial charge in [0.25, 0.3) is 0 Å². The Morgan fingerprint density at radius 1 is 0.650 bits per heavy atom. The molecule has 5 nitrogen and oxygen atoms in total. The number of hydrogen-bond donors (Lipinski definition) is 0. The van der Waals surface area contributed by atoms with E-state index in [1.54, 1.807) is 0 Å². The summed E-state index contributed by atoms with van der Waals surface area (Å²) in [6, 6.07) is 41.5. The molecule has 0 radical (unpaired) electrons. The van der Waals surface area contributed by atoms with Gasteiger partial charge in [-0.05, 0) is 67.1 Å². The molecule has 194 valence electrons. The van der Waals surface area contributed by atoms with E-state index in [4.69, 9.17) is 9.15 Å². The van der Waals surface area contributed by atoms with Gasteiger partial charge in [0.1, 0.15) is 5.75 Å². The Morgan fingerprint density at radius 2 is 1.32 bits per heavy atom. The van der Waals surface area contributed by atoms with Crippen LogP contribution in [0.1, 0.15) is 11.1 Å². The number of aromatic nitrogens is 3. The quantitative estimate of drug-likeness (QED) is 0.211. The van der Waals surface area contributed by atoms with Gasteiger partial charge in [-0.2, -0.15) is 0 Å². The third-order valence-electron chi connectivity index (χ3n) is 7.20. The first-order valence-electron chi connectivity index (χ1n) is 13.4.